The predicted molar refractivity (Wildman–Crippen MR) is 69.1 cm³/mol. The van der Waals surface area contributed by atoms with Crippen LogP contribution in [0.3, 0.4) is 0 Å². The zero-order valence-electron chi connectivity index (χ0n) is 10.5. The summed E-state index contributed by atoms with van der Waals surface area (Å²) >= 11 is 0. The molecular formula is C15H19NO2. The molecule has 1 saturated heterocycles. The van der Waals surface area contributed by atoms with Crippen LogP contribution in [0.2, 0.25) is 0 Å². The fourth-order valence-electron chi connectivity index (χ4n) is 3.22. The summed E-state index contributed by atoms with van der Waals surface area (Å²) in [6, 6.07) is 10.5. The molecule has 3 rings (SSSR count). The van der Waals surface area contributed by atoms with E-state index in [0.29, 0.717) is 11.8 Å². The molecule has 3 heteroatoms. The Hall–Kier alpha value is -1.35. The summed E-state index contributed by atoms with van der Waals surface area (Å²) in [6.07, 6.45) is 2.07. The van der Waals surface area contributed by atoms with Gasteiger partial charge in [-0.15, -0.1) is 0 Å². The van der Waals surface area contributed by atoms with Crippen molar-refractivity contribution < 1.29 is 9.90 Å². The topological polar surface area (TPSA) is 40.5 Å². The summed E-state index contributed by atoms with van der Waals surface area (Å²) in [5, 5.41) is 8.97. The Bertz CT molecular complexity index is 431. The van der Waals surface area contributed by atoms with Crippen molar-refractivity contribution in [3.8, 4) is 0 Å². The molecule has 0 spiro atoms. The standard InChI is InChI=1S/C15H19NO2/c17-15(18)14-8-13(14)12-6-7-16(10-12)9-11-4-2-1-3-5-11/h1-5,12-14H,6-10H2,(H,17,18). The van der Waals surface area contributed by atoms with Crippen LogP contribution in [-0.4, -0.2) is 29.1 Å². The van der Waals surface area contributed by atoms with Gasteiger partial charge in [-0.2, -0.15) is 0 Å². The maximum absolute atomic E-state index is 10.9. The molecule has 2 aliphatic rings. The maximum atomic E-state index is 10.9. The molecule has 0 aromatic heterocycles. The van der Waals surface area contributed by atoms with Gasteiger partial charge in [0.1, 0.15) is 0 Å². The molecule has 1 aliphatic carbocycles. The number of hydrogen-bond acceptors (Lipinski definition) is 2. The van der Waals surface area contributed by atoms with Crippen molar-refractivity contribution in [1.29, 1.82) is 0 Å². The van der Waals surface area contributed by atoms with Crippen LogP contribution in [0, 0.1) is 17.8 Å². The van der Waals surface area contributed by atoms with E-state index in [4.69, 9.17) is 5.11 Å². The van der Waals surface area contributed by atoms with Gasteiger partial charge in [0, 0.05) is 13.1 Å². The van der Waals surface area contributed by atoms with Gasteiger partial charge < -0.3 is 5.11 Å². The highest BCUT2D eigenvalue weighted by Crippen LogP contribution is 2.47. The predicted octanol–water partition coefficient (Wildman–Crippen LogP) is 2.23. The third-order valence-electron chi connectivity index (χ3n) is 4.32. The molecule has 3 nitrogen and oxygen atoms in total. The molecule has 1 aromatic rings. The van der Waals surface area contributed by atoms with Gasteiger partial charge >= 0.3 is 5.97 Å². The van der Waals surface area contributed by atoms with Crippen LogP contribution in [0.25, 0.3) is 0 Å². The lowest BCUT2D eigenvalue weighted by Gasteiger charge is -2.16. The van der Waals surface area contributed by atoms with Crippen molar-refractivity contribution in [3.63, 3.8) is 0 Å². The fourth-order valence-corrected chi connectivity index (χ4v) is 3.22. The SMILES string of the molecule is O=C(O)C1CC1C1CCN(Cc2ccccc2)C1. The molecule has 3 atom stereocenters. The maximum Gasteiger partial charge on any atom is 0.306 e. The quantitative estimate of drug-likeness (QED) is 0.884. The first-order valence-corrected chi connectivity index (χ1v) is 6.73. The second-order valence-electron chi connectivity index (χ2n) is 5.61. The highest BCUT2D eigenvalue weighted by molar-refractivity contribution is 5.73. The first kappa shape index (κ1) is 11.7. The highest BCUT2D eigenvalue weighted by Gasteiger charge is 2.49. The number of carboxylic acid groups (broad SMARTS) is 1. The van der Waals surface area contributed by atoms with Crippen molar-refractivity contribution in [1.82, 2.24) is 4.90 Å². The van der Waals surface area contributed by atoms with E-state index in [1.54, 1.807) is 0 Å². The molecule has 1 N–H and O–H groups in total. The number of benzene rings is 1. The number of carboxylic acids is 1. The lowest BCUT2D eigenvalue weighted by molar-refractivity contribution is -0.139. The van der Waals surface area contributed by atoms with E-state index < -0.39 is 5.97 Å². The third kappa shape index (κ3) is 2.41. The average Bonchev–Trinajstić information content (AvgIpc) is 3.05. The summed E-state index contributed by atoms with van der Waals surface area (Å²) < 4.78 is 0. The van der Waals surface area contributed by atoms with Crippen molar-refractivity contribution in [2.75, 3.05) is 13.1 Å². The lowest BCUT2D eigenvalue weighted by atomic mass is 10.0. The van der Waals surface area contributed by atoms with Gasteiger partial charge in [0.15, 0.2) is 0 Å². The molecule has 3 unspecified atom stereocenters. The van der Waals surface area contributed by atoms with Gasteiger partial charge in [-0.3, -0.25) is 9.69 Å². The number of carbonyl (C=O) groups is 1. The number of rotatable bonds is 4. The molecule has 0 radical (unpaired) electrons. The van der Waals surface area contributed by atoms with E-state index in [9.17, 15) is 4.79 Å². The minimum absolute atomic E-state index is 0.0494. The average molecular weight is 245 g/mol. The van der Waals surface area contributed by atoms with E-state index >= 15 is 0 Å². The summed E-state index contributed by atoms with van der Waals surface area (Å²) in [7, 11) is 0. The molecule has 96 valence electrons. The third-order valence-corrected chi connectivity index (χ3v) is 4.32. The minimum atomic E-state index is -0.596. The monoisotopic (exact) mass is 245 g/mol. The second-order valence-corrected chi connectivity index (χ2v) is 5.61. The molecule has 1 saturated carbocycles. The van der Waals surface area contributed by atoms with Crippen LogP contribution in [-0.2, 0) is 11.3 Å². The smallest absolute Gasteiger partial charge is 0.306 e. The molecule has 2 fully saturated rings. The van der Waals surface area contributed by atoms with Crippen LogP contribution in [0.5, 0.6) is 0 Å². The Kier molecular flexibility index (Phi) is 3.08. The van der Waals surface area contributed by atoms with Crippen molar-refractivity contribution >= 4 is 5.97 Å². The second kappa shape index (κ2) is 4.73. The molecule has 1 aliphatic heterocycles. The largest absolute Gasteiger partial charge is 0.481 e. The van der Waals surface area contributed by atoms with Crippen LogP contribution in [0.4, 0.5) is 0 Å². The van der Waals surface area contributed by atoms with E-state index in [2.05, 4.69) is 29.2 Å². The van der Waals surface area contributed by atoms with Gasteiger partial charge in [0.25, 0.3) is 0 Å². The minimum Gasteiger partial charge on any atom is -0.481 e. The first-order chi connectivity index (χ1) is 8.74. The summed E-state index contributed by atoms with van der Waals surface area (Å²) in [4.78, 5) is 13.3. The Morgan fingerprint density at radius 2 is 2.11 bits per heavy atom. The van der Waals surface area contributed by atoms with Gasteiger partial charge in [0.2, 0.25) is 0 Å². The fraction of sp³-hybridized carbons (Fsp3) is 0.533. The van der Waals surface area contributed by atoms with Crippen LogP contribution in [0.1, 0.15) is 18.4 Å². The number of likely N-dealkylation sites (tertiary alicyclic amines) is 1. The number of hydrogen-bond donors (Lipinski definition) is 1. The van der Waals surface area contributed by atoms with Crippen molar-refractivity contribution in [2.24, 2.45) is 17.8 Å². The Balaban J connectivity index is 1.52. The molecule has 18 heavy (non-hydrogen) atoms. The summed E-state index contributed by atoms with van der Waals surface area (Å²) in [5.41, 5.74) is 1.35. The molecule has 1 heterocycles. The van der Waals surface area contributed by atoms with Crippen LogP contribution >= 0.6 is 0 Å². The van der Waals surface area contributed by atoms with Gasteiger partial charge in [-0.1, -0.05) is 30.3 Å². The lowest BCUT2D eigenvalue weighted by Crippen LogP contribution is -2.21. The van der Waals surface area contributed by atoms with E-state index in [1.165, 1.54) is 12.0 Å². The number of nitrogens with zero attached hydrogens (tertiary/aromatic N) is 1. The summed E-state index contributed by atoms with van der Waals surface area (Å²) in [5.74, 6) is 0.409. The highest BCUT2D eigenvalue weighted by atomic mass is 16.4. The van der Waals surface area contributed by atoms with Crippen molar-refractivity contribution in [3.05, 3.63) is 35.9 Å². The van der Waals surface area contributed by atoms with E-state index in [0.717, 1.165) is 26.1 Å². The Morgan fingerprint density at radius 3 is 2.78 bits per heavy atom. The van der Waals surface area contributed by atoms with E-state index in [-0.39, 0.29) is 5.92 Å². The summed E-state index contributed by atoms with van der Waals surface area (Å²) in [6.45, 7) is 3.19. The Morgan fingerprint density at radius 1 is 1.33 bits per heavy atom. The molecular weight excluding hydrogens is 226 g/mol. The van der Waals surface area contributed by atoms with Gasteiger partial charge in [-0.05, 0) is 36.8 Å². The Labute approximate surface area is 107 Å². The normalized spacial score (nSPS) is 31.4. The molecule has 0 amide bonds. The van der Waals surface area contributed by atoms with E-state index in [1.807, 2.05) is 6.07 Å². The van der Waals surface area contributed by atoms with Crippen LogP contribution in [0.15, 0.2) is 30.3 Å². The molecule has 1 aromatic carbocycles. The van der Waals surface area contributed by atoms with Crippen LogP contribution < -0.4 is 0 Å². The molecule has 0 bridgehead atoms. The van der Waals surface area contributed by atoms with Gasteiger partial charge in [0.05, 0.1) is 5.92 Å². The number of aliphatic carboxylic acids is 1. The first-order valence-electron chi connectivity index (χ1n) is 6.73. The zero-order valence-corrected chi connectivity index (χ0v) is 10.5. The van der Waals surface area contributed by atoms with Crippen molar-refractivity contribution in [2.45, 2.75) is 19.4 Å². The van der Waals surface area contributed by atoms with Gasteiger partial charge in [-0.25, -0.2) is 0 Å². The zero-order chi connectivity index (χ0) is 12.5.